The predicted molar refractivity (Wildman–Crippen MR) is 102 cm³/mol. The van der Waals surface area contributed by atoms with Crippen LogP contribution in [0.1, 0.15) is 23.2 Å². The summed E-state index contributed by atoms with van der Waals surface area (Å²) >= 11 is 0. The lowest BCUT2D eigenvalue weighted by atomic mass is 10.0. The number of nitrogens with zero attached hydrogens (tertiary/aromatic N) is 1. The molecule has 0 fully saturated rings. The number of benzene rings is 2. The van der Waals surface area contributed by atoms with Gasteiger partial charge in [-0.15, -0.1) is 6.58 Å². The highest BCUT2D eigenvalue weighted by molar-refractivity contribution is 6.16. The minimum atomic E-state index is -0.726. The fourth-order valence-corrected chi connectivity index (χ4v) is 2.99. The topological polar surface area (TPSA) is 68.3 Å². The molecule has 1 heterocycles. The van der Waals surface area contributed by atoms with E-state index in [0.29, 0.717) is 18.4 Å². The van der Waals surface area contributed by atoms with Crippen molar-refractivity contribution in [2.45, 2.75) is 18.9 Å². The third kappa shape index (κ3) is 3.42. The molecule has 5 nitrogen and oxygen atoms in total. The Balaban J connectivity index is 2.08. The van der Waals surface area contributed by atoms with E-state index in [2.05, 4.69) is 16.9 Å². The summed E-state index contributed by atoms with van der Waals surface area (Å²) in [4.78, 5) is 29.7. The molecule has 0 bridgehead atoms. The Morgan fingerprint density at radius 2 is 1.69 bits per heavy atom. The lowest BCUT2D eigenvalue weighted by Crippen LogP contribution is -2.41. The number of para-hydroxylation sites is 2. The van der Waals surface area contributed by atoms with E-state index >= 15 is 0 Å². The van der Waals surface area contributed by atoms with Gasteiger partial charge in [0, 0.05) is 10.8 Å². The van der Waals surface area contributed by atoms with Gasteiger partial charge in [-0.25, -0.2) is 9.78 Å². The van der Waals surface area contributed by atoms with Crippen LogP contribution in [0, 0.1) is 0 Å². The third-order valence-electron chi connectivity index (χ3n) is 4.27. The summed E-state index contributed by atoms with van der Waals surface area (Å²) in [6, 6.07) is 14.2. The number of nitrogens with one attached hydrogen (secondary N) is 1. The minimum absolute atomic E-state index is 0.320. The largest absolute Gasteiger partial charge is 0.467 e. The third-order valence-corrected chi connectivity index (χ3v) is 4.27. The molecule has 1 amide bonds. The van der Waals surface area contributed by atoms with Gasteiger partial charge >= 0.3 is 5.97 Å². The van der Waals surface area contributed by atoms with Crippen LogP contribution >= 0.6 is 0 Å². The van der Waals surface area contributed by atoms with Gasteiger partial charge in [-0.2, -0.15) is 0 Å². The van der Waals surface area contributed by atoms with E-state index in [1.54, 1.807) is 6.08 Å². The first-order chi connectivity index (χ1) is 12.7. The van der Waals surface area contributed by atoms with Crippen LogP contribution in [0.15, 0.2) is 61.2 Å². The van der Waals surface area contributed by atoms with Crippen molar-refractivity contribution in [1.82, 2.24) is 10.3 Å². The van der Waals surface area contributed by atoms with Gasteiger partial charge in [0.05, 0.1) is 23.7 Å². The summed E-state index contributed by atoms with van der Waals surface area (Å²) in [5.41, 5.74) is 1.98. The fraction of sp³-hybridized carbons (Fsp3) is 0.190. The SMILES string of the molecule is C=CCC[C@@H](NC(=O)c1c2ccccc2nc2ccccc12)C(=O)OC. The Morgan fingerprint density at radius 1 is 1.12 bits per heavy atom. The normalized spacial score (nSPS) is 11.9. The number of hydrogen-bond acceptors (Lipinski definition) is 4. The molecule has 1 atom stereocenters. The number of fused-ring (bicyclic) bond motifs is 2. The molecule has 2 aromatic carbocycles. The van der Waals surface area contributed by atoms with E-state index in [4.69, 9.17) is 4.74 Å². The quantitative estimate of drug-likeness (QED) is 0.420. The van der Waals surface area contributed by atoms with Gasteiger partial charge in [-0.05, 0) is 25.0 Å². The minimum Gasteiger partial charge on any atom is -0.467 e. The van der Waals surface area contributed by atoms with Crippen LogP contribution in [-0.2, 0) is 9.53 Å². The molecule has 0 aliphatic rings. The maximum absolute atomic E-state index is 13.1. The zero-order valence-electron chi connectivity index (χ0n) is 14.6. The zero-order chi connectivity index (χ0) is 18.5. The molecule has 26 heavy (non-hydrogen) atoms. The van der Waals surface area contributed by atoms with Crippen LogP contribution in [0.3, 0.4) is 0 Å². The summed E-state index contributed by atoms with van der Waals surface area (Å²) in [5.74, 6) is -0.790. The van der Waals surface area contributed by atoms with Crippen molar-refractivity contribution in [3.05, 3.63) is 66.7 Å². The molecule has 1 N–H and O–H groups in total. The molecular weight excluding hydrogens is 328 g/mol. The number of rotatable bonds is 6. The predicted octanol–water partition coefficient (Wildman–Crippen LogP) is 3.63. The number of carbonyl (C=O) groups excluding carboxylic acids is 2. The zero-order valence-corrected chi connectivity index (χ0v) is 14.6. The second-order valence-corrected chi connectivity index (χ2v) is 5.94. The lowest BCUT2D eigenvalue weighted by molar-refractivity contribution is -0.143. The Labute approximate surface area is 151 Å². The van der Waals surface area contributed by atoms with E-state index in [1.807, 2.05) is 48.5 Å². The van der Waals surface area contributed by atoms with Gasteiger partial charge < -0.3 is 10.1 Å². The van der Waals surface area contributed by atoms with Crippen molar-refractivity contribution < 1.29 is 14.3 Å². The van der Waals surface area contributed by atoms with Crippen LogP contribution in [0.5, 0.6) is 0 Å². The summed E-state index contributed by atoms with van der Waals surface area (Å²) in [5, 5.41) is 4.31. The van der Waals surface area contributed by atoms with Crippen LogP contribution in [0.2, 0.25) is 0 Å². The van der Waals surface area contributed by atoms with Gasteiger partial charge in [0.25, 0.3) is 5.91 Å². The maximum atomic E-state index is 13.1. The number of amides is 1. The number of esters is 1. The number of ether oxygens (including phenoxy) is 1. The molecule has 5 heteroatoms. The summed E-state index contributed by atoms with van der Waals surface area (Å²) in [7, 11) is 1.31. The molecule has 0 saturated heterocycles. The van der Waals surface area contributed by atoms with Gasteiger partial charge in [-0.1, -0.05) is 42.5 Å². The van der Waals surface area contributed by atoms with E-state index in [-0.39, 0.29) is 5.91 Å². The Morgan fingerprint density at radius 3 is 2.23 bits per heavy atom. The van der Waals surface area contributed by atoms with Crippen molar-refractivity contribution in [3.63, 3.8) is 0 Å². The Kier molecular flexibility index (Phi) is 5.27. The maximum Gasteiger partial charge on any atom is 0.328 e. The van der Waals surface area contributed by atoms with E-state index in [0.717, 1.165) is 21.8 Å². The molecule has 0 saturated carbocycles. The van der Waals surface area contributed by atoms with Crippen molar-refractivity contribution in [2.24, 2.45) is 0 Å². The average Bonchev–Trinajstić information content (AvgIpc) is 2.68. The number of carbonyl (C=O) groups is 2. The highest BCUT2D eigenvalue weighted by Gasteiger charge is 2.24. The van der Waals surface area contributed by atoms with Crippen molar-refractivity contribution in [3.8, 4) is 0 Å². The van der Waals surface area contributed by atoms with Gasteiger partial charge in [0.1, 0.15) is 6.04 Å². The standard InChI is InChI=1S/C21H20N2O3/c1-3-4-11-18(21(25)26-2)23-20(24)19-14-9-5-7-12-16(14)22-17-13-8-6-10-15(17)19/h3,5-10,12-13,18H,1,4,11H2,2H3,(H,23,24)/t18-/m1/s1. The van der Waals surface area contributed by atoms with Crippen LogP contribution in [0.4, 0.5) is 0 Å². The number of aromatic nitrogens is 1. The van der Waals surface area contributed by atoms with Crippen LogP contribution < -0.4 is 5.32 Å². The van der Waals surface area contributed by atoms with Gasteiger partial charge in [0.15, 0.2) is 0 Å². The van der Waals surface area contributed by atoms with Crippen molar-refractivity contribution >= 4 is 33.7 Å². The fourth-order valence-electron chi connectivity index (χ4n) is 2.99. The first-order valence-electron chi connectivity index (χ1n) is 8.42. The van der Waals surface area contributed by atoms with E-state index in [1.165, 1.54) is 7.11 Å². The van der Waals surface area contributed by atoms with Gasteiger partial charge in [0.2, 0.25) is 0 Å². The molecule has 3 rings (SSSR count). The second-order valence-electron chi connectivity index (χ2n) is 5.94. The van der Waals surface area contributed by atoms with Crippen LogP contribution in [-0.4, -0.2) is 30.0 Å². The van der Waals surface area contributed by atoms with E-state index in [9.17, 15) is 9.59 Å². The number of hydrogen-bond donors (Lipinski definition) is 1. The molecule has 0 unspecified atom stereocenters. The monoisotopic (exact) mass is 348 g/mol. The summed E-state index contributed by atoms with van der Waals surface area (Å²) in [6.45, 7) is 3.66. The molecule has 0 aliphatic heterocycles. The summed E-state index contributed by atoms with van der Waals surface area (Å²) < 4.78 is 4.82. The highest BCUT2D eigenvalue weighted by Crippen LogP contribution is 2.26. The Bertz CT molecular complexity index is 927. The smallest absolute Gasteiger partial charge is 0.328 e. The highest BCUT2D eigenvalue weighted by atomic mass is 16.5. The first-order valence-corrected chi connectivity index (χ1v) is 8.42. The van der Waals surface area contributed by atoms with Gasteiger partial charge in [-0.3, -0.25) is 4.79 Å². The second kappa shape index (κ2) is 7.78. The van der Waals surface area contributed by atoms with Crippen LogP contribution in [0.25, 0.3) is 21.8 Å². The molecule has 1 aromatic heterocycles. The summed E-state index contributed by atoms with van der Waals surface area (Å²) in [6.07, 6.45) is 2.74. The molecule has 3 aromatic rings. The number of allylic oxidation sites excluding steroid dienone is 1. The van der Waals surface area contributed by atoms with Crippen molar-refractivity contribution in [1.29, 1.82) is 0 Å². The Hall–Kier alpha value is -3.21. The number of pyridine rings is 1. The molecular formula is C21H20N2O3. The lowest BCUT2D eigenvalue weighted by Gasteiger charge is -2.17. The molecule has 0 aliphatic carbocycles. The molecule has 0 radical (unpaired) electrons. The van der Waals surface area contributed by atoms with Crippen molar-refractivity contribution in [2.75, 3.05) is 7.11 Å². The molecule has 0 spiro atoms. The average molecular weight is 348 g/mol. The molecule has 132 valence electrons. The first kappa shape index (κ1) is 17.6. The van der Waals surface area contributed by atoms with E-state index < -0.39 is 12.0 Å². The number of methoxy groups -OCH3 is 1.